The molecule has 21 heavy (non-hydrogen) atoms. The molecule has 0 fully saturated rings. The van der Waals surface area contributed by atoms with Crippen LogP contribution in [0, 0.1) is 5.41 Å². The number of aliphatic hydroxyl groups is 1. The Morgan fingerprint density at radius 1 is 1.29 bits per heavy atom. The monoisotopic (exact) mass is 293 g/mol. The van der Waals surface area contributed by atoms with E-state index in [-0.39, 0.29) is 18.0 Å². The van der Waals surface area contributed by atoms with E-state index in [9.17, 15) is 4.79 Å². The molecule has 0 aliphatic carbocycles. The molecule has 0 aromatic heterocycles. The van der Waals surface area contributed by atoms with Gasteiger partial charge in [0.25, 0.3) is 0 Å². The van der Waals surface area contributed by atoms with E-state index in [1.165, 1.54) is 7.11 Å². The normalized spacial score (nSPS) is 11.4. The van der Waals surface area contributed by atoms with Gasteiger partial charge in [-0.2, -0.15) is 0 Å². The lowest BCUT2D eigenvalue weighted by Crippen LogP contribution is -2.29. The summed E-state index contributed by atoms with van der Waals surface area (Å²) in [6.07, 6.45) is 2.12. The molecule has 0 atom stereocenters. The van der Waals surface area contributed by atoms with Gasteiger partial charge in [-0.25, -0.2) is 0 Å². The summed E-state index contributed by atoms with van der Waals surface area (Å²) >= 11 is 0. The predicted octanol–water partition coefficient (Wildman–Crippen LogP) is 2.29. The lowest BCUT2D eigenvalue weighted by Gasteiger charge is -2.25. The zero-order chi connectivity index (χ0) is 15.7. The molecule has 2 N–H and O–H groups in total. The highest BCUT2D eigenvalue weighted by molar-refractivity contribution is 5.72. The molecule has 0 radical (unpaired) electrons. The minimum absolute atomic E-state index is 0.153. The van der Waals surface area contributed by atoms with Crippen molar-refractivity contribution in [1.82, 2.24) is 5.32 Å². The summed E-state index contributed by atoms with van der Waals surface area (Å²) in [5.41, 5.74) is 2.28. The molecule has 118 valence electrons. The van der Waals surface area contributed by atoms with Gasteiger partial charge in [0.15, 0.2) is 0 Å². The molecule has 0 aliphatic rings. The Morgan fingerprint density at radius 2 is 1.95 bits per heavy atom. The van der Waals surface area contributed by atoms with Gasteiger partial charge in [0.2, 0.25) is 0 Å². The van der Waals surface area contributed by atoms with Crippen molar-refractivity contribution in [1.29, 1.82) is 0 Å². The van der Waals surface area contributed by atoms with Gasteiger partial charge in [-0.05, 0) is 29.4 Å². The molecule has 0 heterocycles. The van der Waals surface area contributed by atoms with E-state index in [0.29, 0.717) is 6.42 Å². The number of methoxy groups -OCH3 is 1. The van der Waals surface area contributed by atoms with Crippen LogP contribution in [0.1, 0.15) is 37.8 Å². The van der Waals surface area contributed by atoms with Crippen LogP contribution >= 0.6 is 0 Å². The number of hydrogen-bond donors (Lipinski definition) is 2. The van der Waals surface area contributed by atoms with Crippen molar-refractivity contribution in [2.75, 3.05) is 20.3 Å². The van der Waals surface area contributed by atoms with Crippen molar-refractivity contribution < 1.29 is 14.6 Å². The van der Waals surface area contributed by atoms with Gasteiger partial charge in [0.05, 0.1) is 13.5 Å². The van der Waals surface area contributed by atoms with Gasteiger partial charge < -0.3 is 15.2 Å². The van der Waals surface area contributed by atoms with Crippen molar-refractivity contribution in [2.45, 2.75) is 39.7 Å². The average Bonchev–Trinajstić information content (AvgIpc) is 2.46. The van der Waals surface area contributed by atoms with Crippen molar-refractivity contribution in [3.8, 4) is 0 Å². The van der Waals surface area contributed by atoms with Crippen molar-refractivity contribution in [3.05, 3.63) is 35.4 Å². The fourth-order valence-corrected chi connectivity index (χ4v) is 2.31. The Labute approximate surface area is 127 Å². The third kappa shape index (κ3) is 6.74. The van der Waals surface area contributed by atoms with Crippen LogP contribution < -0.4 is 5.32 Å². The minimum Gasteiger partial charge on any atom is -0.469 e. The van der Waals surface area contributed by atoms with E-state index >= 15 is 0 Å². The fourth-order valence-electron chi connectivity index (χ4n) is 2.31. The number of rotatable bonds is 9. The molecule has 0 saturated heterocycles. The van der Waals surface area contributed by atoms with E-state index in [2.05, 4.69) is 19.2 Å². The lowest BCUT2D eigenvalue weighted by molar-refractivity contribution is -0.139. The molecule has 0 spiro atoms. The Bertz CT molecular complexity index is 443. The zero-order valence-corrected chi connectivity index (χ0v) is 13.3. The van der Waals surface area contributed by atoms with Crippen molar-refractivity contribution in [2.24, 2.45) is 5.41 Å². The first-order valence-corrected chi connectivity index (χ1v) is 7.43. The summed E-state index contributed by atoms with van der Waals surface area (Å²) < 4.78 is 4.73. The summed E-state index contributed by atoms with van der Waals surface area (Å²) in [5, 5.41) is 12.4. The molecule has 0 aliphatic heterocycles. The van der Waals surface area contributed by atoms with E-state index in [1.807, 2.05) is 24.3 Å². The standard InChI is InChI=1S/C17H27NO3/c1-17(2,9-6-10-19)13-18-12-15-8-5-4-7-14(15)11-16(20)21-3/h4-5,7-8,18-19H,6,9-13H2,1-3H3. The summed E-state index contributed by atoms with van der Waals surface area (Å²) in [6, 6.07) is 7.92. The van der Waals surface area contributed by atoms with Gasteiger partial charge in [-0.1, -0.05) is 38.1 Å². The van der Waals surface area contributed by atoms with E-state index in [4.69, 9.17) is 9.84 Å². The molecule has 0 saturated carbocycles. The minimum atomic E-state index is -0.217. The largest absolute Gasteiger partial charge is 0.469 e. The summed E-state index contributed by atoms with van der Waals surface area (Å²) in [4.78, 5) is 11.4. The molecule has 4 heteroatoms. The maximum absolute atomic E-state index is 11.4. The molecule has 0 amide bonds. The number of nitrogens with one attached hydrogen (secondary N) is 1. The van der Waals surface area contributed by atoms with Gasteiger partial charge in [-0.3, -0.25) is 4.79 Å². The highest BCUT2D eigenvalue weighted by Crippen LogP contribution is 2.21. The van der Waals surface area contributed by atoms with Crippen molar-refractivity contribution >= 4 is 5.97 Å². The third-order valence-electron chi connectivity index (χ3n) is 3.61. The number of aliphatic hydroxyl groups excluding tert-OH is 1. The van der Waals surface area contributed by atoms with Crippen LogP contribution in [0.25, 0.3) is 0 Å². The molecule has 1 aromatic carbocycles. The maximum Gasteiger partial charge on any atom is 0.309 e. The number of benzene rings is 1. The average molecular weight is 293 g/mol. The van der Waals surface area contributed by atoms with Crippen LogP contribution in [-0.4, -0.2) is 31.3 Å². The first kappa shape index (κ1) is 17.7. The van der Waals surface area contributed by atoms with Crippen LogP contribution in [0.4, 0.5) is 0 Å². The Morgan fingerprint density at radius 3 is 2.57 bits per heavy atom. The van der Waals surface area contributed by atoms with Crippen LogP contribution in [-0.2, 0) is 22.5 Å². The summed E-state index contributed by atoms with van der Waals surface area (Å²) in [5.74, 6) is -0.217. The van der Waals surface area contributed by atoms with E-state index in [1.54, 1.807) is 0 Å². The first-order chi connectivity index (χ1) is 9.98. The number of carbonyl (C=O) groups excluding carboxylic acids is 1. The maximum atomic E-state index is 11.4. The Kier molecular flexibility index (Phi) is 7.40. The van der Waals surface area contributed by atoms with Crippen LogP contribution in [0.3, 0.4) is 0 Å². The smallest absolute Gasteiger partial charge is 0.309 e. The molecule has 0 unspecified atom stereocenters. The van der Waals surface area contributed by atoms with Gasteiger partial charge in [0.1, 0.15) is 0 Å². The summed E-state index contributed by atoms with van der Waals surface area (Å²) in [7, 11) is 1.41. The quantitative estimate of drug-likeness (QED) is 0.686. The topological polar surface area (TPSA) is 58.6 Å². The second kappa shape index (κ2) is 8.80. The number of hydrogen-bond acceptors (Lipinski definition) is 4. The van der Waals surface area contributed by atoms with Crippen LogP contribution in [0.5, 0.6) is 0 Å². The fraction of sp³-hybridized carbons (Fsp3) is 0.588. The molecule has 1 rings (SSSR count). The second-order valence-electron chi connectivity index (χ2n) is 6.12. The van der Waals surface area contributed by atoms with E-state index < -0.39 is 0 Å². The number of ether oxygens (including phenoxy) is 1. The Hall–Kier alpha value is -1.39. The predicted molar refractivity (Wildman–Crippen MR) is 84.0 cm³/mol. The zero-order valence-electron chi connectivity index (χ0n) is 13.3. The van der Waals surface area contributed by atoms with Gasteiger partial charge in [-0.15, -0.1) is 0 Å². The van der Waals surface area contributed by atoms with Gasteiger partial charge >= 0.3 is 5.97 Å². The highest BCUT2D eigenvalue weighted by Gasteiger charge is 2.17. The SMILES string of the molecule is COC(=O)Cc1ccccc1CNCC(C)(C)CCCO. The Balaban J connectivity index is 2.53. The summed E-state index contributed by atoms with van der Waals surface area (Å²) in [6.45, 7) is 6.23. The van der Waals surface area contributed by atoms with E-state index in [0.717, 1.165) is 37.1 Å². The molecule has 1 aromatic rings. The molecule has 0 bridgehead atoms. The number of carbonyl (C=O) groups is 1. The third-order valence-corrected chi connectivity index (χ3v) is 3.61. The first-order valence-electron chi connectivity index (χ1n) is 7.43. The van der Waals surface area contributed by atoms with Crippen LogP contribution in [0.15, 0.2) is 24.3 Å². The second-order valence-corrected chi connectivity index (χ2v) is 6.12. The van der Waals surface area contributed by atoms with Gasteiger partial charge in [0, 0.05) is 19.7 Å². The molecule has 4 nitrogen and oxygen atoms in total. The molecular weight excluding hydrogens is 266 g/mol. The number of esters is 1. The van der Waals surface area contributed by atoms with Crippen LogP contribution in [0.2, 0.25) is 0 Å². The lowest BCUT2D eigenvalue weighted by atomic mass is 9.88. The van der Waals surface area contributed by atoms with Crippen molar-refractivity contribution in [3.63, 3.8) is 0 Å². The highest BCUT2D eigenvalue weighted by atomic mass is 16.5. The molecular formula is C17H27NO3.